The van der Waals surface area contributed by atoms with Crippen molar-refractivity contribution in [3.05, 3.63) is 82.2 Å². The summed E-state index contributed by atoms with van der Waals surface area (Å²) in [7, 11) is -4.10. The second-order valence-electron chi connectivity index (χ2n) is 9.34. The maximum Gasteiger partial charge on any atom is 0.339 e. The topological polar surface area (TPSA) is 80.8 Å². The number of carbonyl (C=O) groups excluding carboxylic acids is 2. The summed E-state index contributed by atoms with van der Waals surface area (Å²) >= 11 is 0. The highest BCUT2D eigenvalue weighted by Crippen LogP contribution is 2.50. The molecule has 0 fully saturated rings. The predicted molar refractivity (Wildman–Crippen MR) is 132 cm³/mol. The molecule has 35 heavy (non-hydrogen) atoms. The fourth-order valence-electron chi connectivity index (χ4n) is 5.58. The van der Waals surface area contributed by atoms with Crippen molar-refractivity contribution in [1.29, 1.82) is 0 Å². The lowest BCUT2D eigenvalue weighted by Gasteiger charge is -2.43. The molecule has 0 saturated heterocycles. The first kappa shape index (κ1) is 23.5. The van der Waals surface area contributed by atoms with Gasteiger partial charge in [0.15, 0.2) is 11.6 Å². The van der Waals surface area contributed by atoms with Gasteiger partial charge in [-0.05, 0) is 57.7 Å². The van der Waals surface area contributed by atoms with Crippen LogP contribution in [0.25, 0.3) is 0 Å². The molecular formula is C28H29NO5S. The largest absolute Gasteiger partial charge is 0.379 e. The highest BCUT2D eigenvalue weighted by atomic mass is 32.2. The second-order valence-corrected chi connectivity index (χ2v) is 10.9. The standard InChI is InChI=1S/C28H29NO5S/c1-3-29-21-9-6-11-23(30)27(21)26(28-22(29)10-7-12-24(28)31)20-8-4-5-13-25(20)34-35(32,33)19-16-14-18(2)15-17-19/h4-5,8,13-17,26H,3,6-7,9-12H2,1-2H3. The zero-order chi connectivity index (χ0) is 24.7. The minimum Gasteiger partial charge on any atom is -0.379 e. The molecule has 2 aromatic rings. The van der Waals surface area contributed by atoms with Crippen molar-refractivity contribution in [1.82, 2.24) is 4.90 Å². The first-order chi connectivity index (χ1) is 16.8. The molecule has 0 bridgehead atoms. The smallest absolute Gasteiger partial charge is 0.339 e. The van der Waals surface area contributed by atoms with Crippen LogP contribution in [0.1, 0.15) is 62.5 Å². The van der Waals surface area contributed by atoms with Gasteiger partial charge in [0.05, 0.1) is 0 Å². The molecule has 7 heteroatoms. The Morgan fingerprint density at radius 2 is 1.43 bits per heavy atom. The summed E-state index contributed by atoms with van der Waals surface area (Å²) in [6.07, 6.45) is 3.93. The molecule has 6 nitrogen and oxygen atoms in total. The Hall–Kier alpha value is -3.19. The Morgan fingerprint density at radius 1 is 0.857 bits per heavy atom. The zero-order valence-corrected chi connectivity index (χ0v) is 20.9. The number of aryl methyl sites for hydroxylation is 1. The van der Waals surface area contributed by atoms with Gasteiger partial charge in [0.1, 0.15) is 10.6 Å². The summed E-state index contributed by atoms with van der Waals surface area (Å²) in [6, 6.07) is 13.4. The number of hydrogen-bond donors (Lipinski definition) is 0. The van der Waals surface area contributed by atoms with E-state index in [1.165, 1.54) is 12.1 Å². The second kappa shape index (κ2) is 9.11. The van der Waals surface area contributed by atoms with Crippen molar-refractivity contribution >= 4 is 21.7 Å². The summed E-state index contributed by atoms with van der Waals surface area (Å²) in [4.78, 5) is 28.9. The van der Waals surface area contributed by atoms with Crippen LogP contribution < -0.4 is 4.18 Å². The van der Waals surface area contributed by atoms with Crippen LogP contribution in [-0.2, 0) is 19.7 Å². The molecule has 1 aliphatic heterocycles. The van der Waals surface area contributed by atoms with E-state index in [2.05, 4.69) is 4.90 Å². The average molecular weight is 492 g/mol. The molecule has 5 rings (SSSR count). The maximum atomic E-state index is 13.3. The Morgan fingerprint density at radius 3 is 2.00 bits per heavy atom. The number of ketones is 2. The van der Waals surface area contributed by atoms with Crippen molar-refractivity contribution in [3.8, 4) is 5.75 Å². The summed E-state index contributed by atoms with van der Waals surface area (Å²) in [6.45, 7) is 4.61. The van der Waals surface area contributed by atoms with Crippen molar-refractivity contribution in [2.45, 2.75) is 63.2 Å². The van der Waals surface area contributed by atoms with E-state index < -0.39 is 16.0 Å². The van der Waals surface area contributed by atoms with Gasteiger partial charge in [-0.15, -0.1) is 0 Å². The Balaban J connectivity index is 1.67. The van der Waals surface area contributed by atoms with Gasteiger partial charge in [0.2, 0.25) is 0 Å². The third-order valence-corrected chi connectivity index (χ3v) is 8.39. The molecule has 0 spiro atoms. The van der Waals surface area contributed by atoms with E-state index in [1.807, 2.05) is 13.8 Å². The summed E-state index contributed by atoms with van der Waals surface area (Å²) in [5, 5.41) is 0. The van der Waals surface area contributed by atoms with Gasteiger partial charge in [-0.25, -0.2) is 0 Å². The van der Waals surface area contributed by atoms with Gasteiger partial charge in [-0.2, -0.15) is 8.42 Å². The van der Waals surface area contributed by atoms with E-state index in [-0.39, 0.29) is 22.2 Å². The van der Waals surface area contributed by atoms with Crippen molar-refractivity contribution in [2.24, 2.45) is 0 Å². The maximum absolute atomic E-state index is 13.3. The Bertz CT molecular complexity index is 1320. The first-order valence-corrected chi connectivity index (χ1v) is 13.6. The van der Waals surface area contributed by atoms with Crippen LogP contribution in [0, 0.1) is 6.92 Å². The number of allylic oxidation sites excluding steroid dienone is 4. The highest BCUT2D eigenvalue weighted by Gasteiger charge is 2.44. The summed E-state index contributed by atoms with van der Waals surface area (Å²) in [5.41, 5.74) is 4.67. The van der Waals surface area contributed by atoms with Gasteiger partial charge in [-0.1, -0.05) is 35.9 Å². The molecule has 0 saturated carbocycles. The number of hydrogen-bond acceptors (Lipinski definition) is 6. The van der Waals surface area contributed by atoms with Gasteiger partial charge >= 0.3 is 10.1 Å². The minimum absolute atomic E-state index is 0.0239. The lowest BCUT2D eigenvalue weighted by Crippen LogP contribution is -2.39. The van der Waals surface area contributed by atoms with E-state index in [4.69, 9.17) is 4.18 Å². The quantitative estimate of drug-likeness (QED) is 0.535. The predicted octanol–water partition coefficient (Wildman–Crippen LogP) is 5.20. The molecular weight excluding hydrogens is 462 g/mol. The summed E-state index contributed by atoms with van der Waals surface area (Å²) in [5.74, 6) is -0.419. The molecule has 0 N–H and O–H groups in total. The van der Waals surface area contributed by atoms with Crippen molar-refractivity contribution < 1.29 is 22.2 Å². The lowest BCUT2D eigenvalue weighted by atomic mass is 9.71. The molecule has 2 aliphatic carbocycles. The van der Waals surface area contributed by atoms with Gasteiger partial charge < -0.3 is 9.08 Å². The van der Waals surface area contributed by atoms with Gasteiger partial charge in [0, 0.05) is 53.4 Å². The number of Topliss-reactive ketones (excluding diaryl/α,β-unsaturated/α-hetero) is 2. The molecule has 2 aromatic carbocycles. The molecule has 0 aromatic heterocycles. The number of benzene rings is 2. The minimum atomic E-state index is -4.10. The van der Waals surface area contributed by atoms with E-state index in [0.717, 1.165) is 42.6 Å². The highest BCUT2D eigenvalue weighted by molar-refractivity contribution is 7.87. The fraction of sp³-hybridized carbons (Fsp3) is 0.357. The van der Waals surface area contributed by atoms with Crippen LogP contribution in [0.5, 0.6) is 5.75 Å². The van der Waals surface area contributed by atoms with E-state index in [1.54, 1.807) is 36.4 Å². The Kier molecular flexibility index (Phi) is 6.13. The molecule has 0 radical (unpaired) electrons. The van der Waals surface area contributed by atoms with E-state index in [0.29, 0.717) is 36.1 Å². The SMILES string of the molecule is CCN1C2=C(C(=O)CCC2)C(c2ccccc2OS(=O)(=O)c2ccc(C)cc2)C2=C1CCCC2=O. The third kappa shape index (κ3) is 4.12. The van der Waals surface area contributed by atoms with Gasteiger partial charge in [-0.3, -0.25) is 9.59 Å². The molecule has 182 valence electrons. The summed E-state index contributed by atoms with van der Waals surface area (Å²) < 4.78 is 32.0. The first-order valence-electron chi connectivity index (χ1n) is 12.2. The molecule has 3 aliphatic rings. The van der Waals surface area contributed by atoms with Crippen molar-refractivity contribution in [2.75, 3.05) is 6.54 Å². The van der Waals surface area contributed by atoms with Crippen LogP contribution in [0.3, 0.4) is 0 Å². The van der Waals surface area contributed by atoms with E-state index in [9.17, 15) is 18.0 Å². The molecule has 1 heterocycles. The van der Waals surface area contributed by atoms with Crippen LogP contribution in [-0.4, -0.2) is 31.4 Å². The van der Waals surface area contributed by atoms with Crippen LogP contribution in [0.15, 0.2) is 76.0 Å². The number of para-hydroxylation sites is 1. The zero-order valence-electron chi connectivity index (χ0n) is 20.0. The van der Waals surface area contributed by atoms with Crippen LogP contribution in [0.2, 0.25) is 0 Å². The lowest BCUT2D eigenvalue weighted by molar-refractivity contribution is -0.117. The normalized spacial score (nSPS) is 19.1. The Labute approximate surface area is 206 Å². The average Bonchev–Trinajstić information content (AvgIpc) is 2.84. The monoisotopic (exact) mass is 491 g/mol. The molecule has 0 atom stereocenters. The van der Waals surface area contributed by atoms with Crippen LogP contribution in [0.4, 0.5) is 0 Å². The fourth-order valence-corrected chi connectivity index (χ4v) is 6.53. The van der Waals surface area contributed by atoms with E-state index >= 15 is 0 Å². The number of carbonyl (C=O) groups is 2. The molecule has 0 unspecified atom stereocenters. The number of nitrogens with zero attached hydrogens (tertiary/aromatic N) is 1. The number of rotatable bonds is 5. The molecule has 0 amide bonds. The van der Waals surface area contributed by atoms with Crippen molar-refractivity contribution in [3.63, 3.8) is 0 Å². The third-order valence-electron chi connectivity index (χ3n) is 7.14. The van der Waals surface area contributed by atoms with Gasteiger partial charge in [0.25, 0.3) is 0 Å². The van der Waals surface area contributed by atoms with Crippen LogP contribution >= 0.6 is 0 Å².